The van der Waals surface area contributed by atoms with Crippen molar-refractivity contribution in [3.63, 3.8) is 0 Å². The van der Waals surface area contributed by atoms with E-state index in [2.05, 4.69) is 10.3 Å². The van der Waals surface area contributed by atoms with Crippen LogP contribution in [-0.2, 0) is 0 Å². The zero-order valence-corrected chi connectivity index (χ0v) is 12.1. The van der Waals surface area contributed by atoms with Gasteiger partial charge in [-0.2, -0.15) is 0 Å². The van der Waals surface area contributed by atoms with Crippen molar-refractivity contribution in [1.82, 2.24) is 10.3 Å². The molecule has 0 bridgehead atoms. The molecule has 120 valence electrons. The van der Waals surface area contributed by atoms with Gasteiger partial charge >= 0.3 is 6.09 Å². The van der Waals surface area contributed by atoms with Gasteiger partial charge in [-0.3, -0.25) is 10.1 Å². The van der Waals surface area contributed by atoms with E-state index in [0.29, 0.717) is 36.6 Å². The molecule has 0 saturated heterocycles. The second-order valence-electron chi connectivity index (χ2n) is 4.59. The largest absolute Gasteiger partial charge is 0.493 e. The summed E-state index contributed by atoms with van der Waals surface area (Å²) in [5, 5.41) is 21.4. The van der Waals surface area contributed by atoms with Crippen molar-refractivity contribution in [2.45, 2.75) is 6.42 Å². The van der Waals surface area contributed by atoms with Crippen molar-refractivity contribution in [3.8, 4) is 17.0 Å². The molecule has 1 amide bonds. The Labute approximate surface area is 131 Å². The minimum Gasteiger partial charge on any atom is -0.493 e. The molecule has 0 fully saturated rings. The van der Waals surface area contributed by atoms with Crippen LogP contribution in [0, 0.1) is 10.1 Å². The summed E-state index contributed by atoms with van der Waals surface area (Å²) in [7, 11) is 0. The smallest absolute Gasteiger partial charge is 0.404 e. The van der Waals surface area contributed by atoms with E-state index in [1.54, 1.807) is 24.3 Å². The standard InChI is InChI=1S/C15H15N3O5/c19-15(20)16-8-3-9-23-14-5-2-1-4-12(14)13-7-6-11(10-17-13)18(21)22/h1-2,4-7,10,16H,3,8-9H2,(H,19,20). The summed E-state index contributed by atoms with van der Waals surface area (Å²) in [6, 6.07) is 10.1. The molecular weight excluding hydrogens is 302 g/mol. The predicted octanol–water partition coefficient (Wildman–Crippen LogP) is 2.69. The molecule has 0 aliphatic rings. The van der Waals surface area contributed by atoms with Gasteiger partial charge in [-0.15, -0.1) is 0 Å². The Morgan fingerprint density at radius 3 is 2.74 bits per heavy atom. The summed E-state index contributed by atoms with van der Waals surface area (Å²) in [6.07, 6.45) is 0.650. The number of aromatic nitrogens is 1. The Kier molecular flexibility index (Phi) is 5.45. The molecule has 0 radical (unpaired) electrons. The van der Waals surface area contributed by atoms with Gasteiger partial charge < -0.3 is 15.2 Å². The van der Waals surface area contributed by atoms with Crippen LogP contribution in [0.3, 0.4) is 0 Å². The fraction of sp³-hybridized carbons (Fsp3) is 0.200. The SMILES string of the molecule is O=C(O)NCCCOc1ccccc1-c1ccc([N+](=O)[O-])cn1. The highest BCUT2D eigenvalue weighted by Gasteiger charge is 2.10. The molecular formula is C15H15N3O5. The van der Waals surface area contributed by atoms with Crippen LogP contribution >= 0.6 is 0 Å². The monoisotopic (exact) mass is 317 g/mol. The Bertz CT molecular complexity index is 688. The number of hydrogen-bond donors (Lipinski definition) is 2. The highest BCUT2D eigenvalue weighted by molar-refractivity contribution is 5.67. The van der Waals surface area contributed by atoms with E-state index in [9.17, 15) is 14.9 Å². The van der Waals surface area contributed by atoms with E-state index in [1.165, 1.54) is 12.3 Å². The molecule has 0 aliphatic carbocycles. The topological polar surface area (TPSA) is 115 Å². The van der Waals surface area contributed by atoms with Crippen LogP contribution in [0.4, 0.5) is 10.5 Å². The fourth-order valence-corrected chi connectivity index (χ4v) is 1.91. The lowest BCUT2D eigenvalue weighted by Gasteiger charge is -2.11. The van der Waals surface area contributed by atoms with Gasteiger partial charge in [0.2, 0.25) is 0 Å². The van der Waals surface area contributed by atoms with E-state index < -0.39 is 11.0 Å². The Morgan fingerprint density at radius 1 is 1.30 bits per heavy atom. The molecule has 0 saturated carbocycles. The van der Waals surface area contributed by atoms with Crippen molar-refractivity contribution < 1.29 is 19.6 Å². The minimum atomic E-state index is -1.07. The number of carbonyl (C=O) groups is 1. The molecule has 0 spiro atoms. The van der Waals surface area contributed by atoms with E-state index in [0.717, 1.165) is 0 Å². The molecule has 8 nitrogen and oxygen atoms in total. The number of amides is 1. The van der Waals surface area contributed by atoms with Crippen LogP contribution < -0.4 is 10.1 Å². The number of nitrogens with one attached hydrogen (secondary N) is 1. The average Bonchev–Trinajstić information content (AvgIpc) is 2.55. The quantitative estimate of drug-likeness (QED) is 0.461. The lowest BCUT2D eigenvalue weighted by Crippen LogP contribution is -2.23. The number of ether oxygens (including phenoxy) is 1. The molecule has 8 heteroatoms. The fourth-order valence-electron chi connectivity index (χ4n) is 1.91. The maximum atomic E-state index is 10.7. The van der Waals surface area contributed by atoms with Crippen molar-refractivity contribution in [3.05, 3.63) is 52.7 Å². The number of pyridine rings is 1. The molecule has 1 aromatic carbocycles. The first-order chi connectivity index (χ1) is 11.1. The van der Waals surface area contributed by atoms with Gasteiger partial charge in [-0.1, -0.05) is 12.1 Å². The van der Waals surface area contributed by atoms with Gasteiger partial charge in [-0.25, -0.2) is 9.78 Å². The second-order valence-corrected chi connectivity index (χ2v) is 4.59. The summed E-state index contributed by atoms with van der Waals surface area (Å²) >= 11 is 0. The molecule has 0 atom stereocenters. The third kappa shape index (κ3) is 4.67. The highest BCUT2D eigenvalue weighted by Crippen LogP contribution is 2.29. The molecule has 0 aliphatic heterocycles. The molecule has 1 heterocycles. The number of nitro groups is 1. The normalized spacial score (nSPS) is 10.1. The zero-order chi connectivity index (χ0) is 16.7. The molecule has 1 aromatic heterocycles. The maximum Gasteiger partial charge on any atom is 0.404 e. The first-order valence-corrected chi connectivity index (χ1v) is 6.87. The number of hydrogen-bond acceptors (Lipinski definition) is 5. The summed E-state index contributed by atoms with van der Waals surface area (Å²) < 4.78 is 5.64. The third-order valence-electron chi connectivity index (χ3n) is 2.98. The van der Waals surface area contributed by atoms with Crippen molar-refractivity contribution >= 4 is 11.8 Å². The van der Waals surface area contributed by atoms with Gasteiger partial charge in [0, 0.05) is 18.2 Å². The second kappa shape index (κ2) is 7.74. The number of nitrogens with zero attached hydrogens (tertiary/aromatic N) is 2. The van der Waals surface area contributed by atoms with Crippen LogP contribution in [0.5, 0.6) is 5.75 Å². The van der Waals surface area contributed by atoms with Crippen LogP contribution in [0.15, 0.2) is 42.6 Å². The summed E-state index contributed by atoms with van der Waals surface area (Å²) in [6.45, 7) is 0.636. The lowest BCUT2D eigenvalue weighted by atomic mass is 10.1. The Morgan fingerprint density at radius 2 is 2.09 bits per heavy atom. The number of carboxylic acid groups (broad SMARTS) is 1. The third-order valence-corrected chi connectivity index (χ3v) is 2.98. The lowest BCUT2D eigenvalue weighted by molar-refractivity contribution is -0.385. The predicted molar refractivity (Wildman–Crippen MR) is 82.5 cm³/mol. The molecule has 2 rings (SSSR count). The molecule has 23 heavy (non-hydrogen) atoms. The molecule has 2 N–H and O–H groups in total. The van der Waals surface area contributed by atoms with E-state index in [4.69, 9.17) is 9.84 Å². The number of para-hydroxylation sites is 1. The van der Waals surface area contributed by atoms with Gasteiger partial charge in [0.15, 0.2) is 0 Å². The Hall–Kier alpha value is -3.16. The molecule has 0 unspecified atom stereocenters. The van der Waals surface area contributed by atoms with Crippen LogP contribution in [0.25, 0.3) is 11.3 Å². The zero-order valence-electron chi connectivity index (χ0n) is 12.1. The van der Waals surface area contributed by atoms with Gasteiger partial charge in [-0.05, 0) is 24.6 Å². The van der Waals surface area contributed by atoms with Crippen molar-refractivity contribution in [2.75, 3.05) is 13.2 Å². The van der Waals surface area contributed by atoms with Crippen molar-refractivity contribution in [2.24, 2.45) is 0 Å². The van der Waals surface area contributed by atoms with Gasteiger partial charge in [0.05, 0.1) is 17.2 Å². The van der Waals surface area contributed by atoms with Gasteiger partial charge in [0.1, 0.15) is 11.9 Å². The molecule has 2 aromatic rings. The van der Waals surface area contributed by atoms with E-state index >= 15 is 0 Å². The van der Waals surface area contributed by atoms with Crippen LogP contribution in [0.1, 0.15) is 6.42 Å². The summed E-state index contributed by atoms with van der Waals surface area (Å²) in [4.78, 5) is 24.6. The summed E-state index contributed by atoms with van der Waals surface area (Å²) in [5.41, 5.74) is 1.20. The minimum absolute atomic E-state index is 0.0769. The first kappa shape index (κ1) is 16.2. The first-order valence-electron chi connectivity index (χ1n) is 6.87. The number of rotatable bonds is 7. The Balaban J connectivity index is 2.05. The van der Waals surface area contributed by atoms with E-state index in [-0.39, 0.29) is 5.69 Å². The van der Waals surface area contributed by atoms with Crippen LogP contribution in [-0.4, -0.2) is 34.3 Å². The maximum absolute atomic E-state index is 10.7. The highest BCUT2D eigenvalue weighted by atomic mass is 16.6. The number of benzene rings is 1. The van der Waals surface area contributed by atoms with Crippen LogP contribution in [0.2, 0.25) is 0 Å². The average molecular weight is 317 g/mol. The van der Waals surface area contributed by atoms with E-state index in [1.807, 2.05) is 6.07 Å². The van der Waals surface area contributed by atoms with Crippen molar-refractivity contribution in [1.29, 1.82) is 0 Å². The summed E-state index contributed by atoms with van der Waals surface area (Å²) in [5.74, 6) is 0.587. The van der Waals surface area contributed by atoms with Gasteiger partial charge in [0.25, 0.3) is 5.69 Å².